The van der Waals surface area contributed by atoms with Gasteiger partial charge in [0, 0.05) is 19.3 Å². The van der Waals surface area contributed by atoms with E-state index in [2.05, 4.69) is 24.7 Å². The number of hydrogen-bond donors (Lipinski definition) is 0. The van der Waals surface area contributed by atoms with Crippen molar-refractivity contribution in [2.45, 2.75) is 96.8 Å². The highest BCUT2D eigenvalue weighted by Crippen LogP contribution is 2.10. The van der Waals surface area contributed by atoms with Crippen molar-refractivity contribution in [3.63, 3.8) is 0 Å². The third-order valence-corrected chi connectivity index (χ3v) is 3.40. The van der Waals surface area contributed by atoms with Gasteiger partial charge in [-0.2, -0.15) is 0 Å². The summed E-state index contributed by atoms with van der Waals surface area (Å²) in [6.45, 7) is 2.27. The minimum atomic E-state index is 0.903. The number of rotatable bonds is 12. The van der Waals surface area contributed by atoms with E-state index in [4.69, 9.17) is 6.42 Å². The fraction of sp³-hybridized carbons (Fsp3) is 0.789. The smallest absolute Gasteiger partial charge is 0.00890 e. The van der Waals surface area contributed by atoms with Crippen molar-refractivity contribution in [2.75, 3.05) is 0 Å². The molecule has 0 heteroatoms. The minimum Gasteiger partial charge on any atom is -0.120 e. The Morgan fingerprint density at radius 1 is 0.579 bits per heavy atom. The van der Waals surface area contributed by atoms with Crippen molar-refractivity contribution in [2.24, 2.45) is 0 Å². The van der Waals surface area contributed by atoms with Crippen LogP contribution in [0.4, 0.5) is 0 Å². The summed E-state index contributed by atoms with van der Waals surface area (Å²) >= 11 is 0. The van der Waals surface area contributed by atoms with Gasteiger partial charge >= 0.3 is 0 Å². The van der Waals surface area contributed by atoms with Gasteiger partial charge in [-0.15, -0.1) is 24.2 Å². The summed E-state index contributed by atoms with van der Waals surface area (Å²) < 4.78 is 0. The number of unbranched alkanes of at least 4 members (excludes halogenated alkanes) is 12. The molecule has 0 saturated carbocycles. The van der Waals surface area contributed by atoms with E-state index in [0.29, 0.717) is 0 Å². The van der Waals surface area contributed by atoms with Crippen LogP contribution in [-0.4, -0.2) is 0 Å². The second-order valence-corrected chi connectivity index (χ2v) is 5.34. The van der Waals surface area contributed by atoms with Gasteiger partial charge in [0.25, 0.3) is 0 Å². The number of hydrogen-bond acceptors (Lipinski definition) is 0. The van der Waals surface area contributed by atoms with E-state index in [0.717, 1.165) is 32.1 Å². The Balaban J connectivity index is 3.06. The molecule has 0 bridgehead atoms. The average Bonchev–Trinajstić information content (AvgIpc) is 2.43. The first-order valence-corrected chi connectivity index (χ1v) is 8.31. The molecule has 0 unspecified atom stereocenters. The van der Waals surface area contributed by atoms with Crippen molar-refractivity contribution in [1.82, 2.24) is 0 Å². The highest BCUT2D eigenvalue weighted by Gasteiger charge is 1.91. The van der Waals surface area contributed by atoms with Crippen LogP contribution in [0.2, 0.25) is 0 Å². The zero-order valence-corrected chi connectivity index (χ0v) is 13.0. The summed E-state index contributed by atoms with van der Waals surface area (Å²) in [5.41, 5.74) is 0. The summed E-state index contributed by atoms with van der Waals surface area (Å²) in [5.74, 6) is 9.20. The van der Waals surface area contributed by atoms with Crippen LogP contribution in [0, 0.1) is 24.2 Å². The van der Waals surface area contributed by atoms with Crippen molar-refractivity contribution < 1.29 is 0 Å². The molecule has 0 spiro atoms. The topological polar surface area (TPSA) is 0 Å². The molecule has 0 N–H and O–H groups in total. The van der Waals surface area contributed by atoms with Crippen LogP contribution in [0.25, 0.3) is 0 Å². The zero-order chi connectivity index (χ0) is 14.0. The first kappa shape index (κ1) is 18.1. The van der Waals surface area contributed by atoms with Gasteiger partial charge in [0.15, 0.2) is 0 Å². The molecule has 0 nitrogen and oxygen atoms in total. The van der Waals surface area contributed by atoms with E-state index in [1.165, 1.54) is 57.8 Å². The molecular weight excluding hydrogens is 228 g/mol. The predicted molar refractivity (Wildman–Crippen MR) is 86.9 cm³/mol. The van der Waals surface area contributed by atoms with E-state index in [-0.39, 0.29) is 0 Å². The molecule has 0 aromatic heterocycles. The van der Waals surface area contributed by atoms with Gasteiger partial charge in [0.1, 0.15) is 0 Å². The van der Waals surface area contributed by atoms with E-state index in [1.807, 2.05) is 0 Å². The Hall–Kier alpha value is -0.880. The first-order valence-electron chi connectivity index (χ1n) is 8.31. The summed E-state index contributed by atoms with van der Waals surface area (Å²) in [6, 6.07) is 0. The van der Waals surface area contributed by atoms with Crippen molar-refractivity contribution in [1.29, 1.82) is 0 Å². The monoisotopic (exact) mass is 260 g/mol. The van der Waals surface area contributed by atoms with Crippen LogP contribution >= 0.6 is 0 Å². The summed E-state index contributed by atoms with van der Waals surface area (Å²) in [7, 11) is 0. The minimum absolute atomic E-state index is 0.903. The second-order valence-electron chi connectivity index (χ2n) is 5.34. The van der Waals surface area contributed by atoms with Crippen LogP contribution < -0.4 is 0 Å². The van der Waals surface area contributed by atoms with Gasteiger partial charge in [0.05, 0.1) is 0 Å². The molecule has 0 amide bonds. The molecule has 0 aliphatic carbocycles. The summed E-state index contributed by atoms with van der Waals surface area (Å²) in [5, 5.41) is 0. The van der Waals surface area contributed by atoms with Gasteiger partial charge in [-0.25, -0.2) is 0 Å². The molecule has 19 heavy (non-hydrogen) atoms. The third-order valence-electron chi connectivity index (χ3n) is 3.40. The van der Waals surface area contributed by atoms with Gasteiger partial charge in [-0.05, 0) is 19.3 Å². The highest BCUT2D eigenvalue weighted by atomic mass is 14.0. The highest BCUT2D eigenvalue weighted by molar-refractivity contribution is 4.98. The van der Waals surface area contributed by atoms with Gasteiger partial charge in [-0.3, -0.25) is 0 Å². The predicted octanol–water partition coefficient (Wildman–Crippen LogP) is 6.10. The lowest BCUT2D eigenvalue weighted by Gasteiger charge is -2.00. The van der Waals surface area contributed by atoms with Crippen molar-refractivity contribution in [3.8, 4) is 24.2 Å². The Morgan fingerprint density at radius 2 is 1.00 bits per heavy atom. The molecule has 0 fully saturated rings. The van der Waals surface area contributed by atoms with Crippen LogP contribution in [0.15, 0.2) is 0 Å². The maximum atomic E-state index is 5.20. The second kappa shape index (κ2) is 17.1. The zero-order valence-electron chi connectivity index (χ0n) is 13.0. The van der Waals surface area contributed by atoms with Crippen molar-refractivity contribution >= 4 is 0 Å². The lowest BCUT2D eigenvalue weighted by Crippen LogP contribution is -1.81. The molecule has 0 aromatic rings. The molecule has 0 aliphatic heterocycles. The Morgan fingerprint density at radius 3 is 1.53 bits per heavy atom. The quantitative estimate of drug-likeness (QED) is 0.293. The molecule has 0 heterocycles. The molecule has 0 saturated heterocycles. The Kier molecular flexibility index (Phi) is 16.3. The largest absolute Gasteiger partial charge is 0.120 e. The third kappa shape index (κ3) is 17.1. The van der Waals surface area contributed by atoms with Gasteiger partial charge in [-0.1, -0.05) is 58.3 Å². The lowest BCUT2D eigenvalue weighted by molar-refractivity contribution is 0.567. The summed E-state index contributed by atoms with van der Waals surface area (Å²) in [4.78, 5) is 0. The molecule has 108 valence electrons. The van der Waals surface area contributed by atoms with E-state index >= 15 is 0 Å². The van der Waals surface area contributed by atoms with Gasteiger partial charge < -0.3 is 0 Å². The molecule has 0 aliphatic rings. The van der Waals surface area contributed by atoms with Crippen LogP contribution in [0.3, 0.4) is 0 Å². The first-order chi connectivity index (χ1) is 9.41. The van der Waals surface area contributed by atoms with Gasteiger partial charge in [0.2, 0.25) is 0 Å². The average molecular weight is 260 g/mol. The SMILES string of the molecule is C#CCCCCC#CCCCCCCCCCCC. The summed E-state index contributed by atoms with van der Waals surface area (Å²) in [6.07, 6.45) is 23.0. The molecular formula is C19H32. The van der Waals surface area contributed by atoms with E-state index in [1.54, 1.807) is 0 Å². The standard InChI is InChI=1S/C19H32/c1-3-5-7-9-11-13-15-17-19-18-16-14-12-10-8-6-4-2/h1H,4-12,14,16-19H2,2H3. The van der Waals surface area contributed by atoms with Crippen LogP contribution in [0.5, 0.6) is 0 Å². The normalized spacial score (nSPS) is 9.68. The maximum Gasteiger partial charge on any atom is 0.00890 e. The van der Waals surface area contributed by atoms with Crippen LogP contribution in [-0.2, 0) is 0 Å². The van der Waals surface area contributed by atoms with E-state index in [9.17, 15) is 0 Å². The van der Waals surface area contributed by atoms with Crippen LogP contribution in [0.1, 0.15) is 96.8 Å². The van der Waals surface area contributed by atoms with E-state index < -0.39 is 0 Å². The Bertz CT molecular complexity index is 258. The lowest BCUT2D eigenvalue weighted by atomic mass is 10.1. The Labute approximate surface area is 121 Å². The molecule has 0 aromatic carbocycles. The molecule has 0 radical (unpaired) electrons. The fourth-order valence-electron chi connectivity index (χ4n) is 2.14. The maximum absolute atomic E-state index is 5.20. The fourth-order valence-corrected chi connectivity index (χ4v) is 2.14. The van der Waals surface area contributed by atoms with Crippen molar-refractivity contribution in [3.05, 3.63) is 0 Å². The number of terminal acetylenes is 1. The molecule has 0 atom stereocenters. The molecule has 0 rings (SSSR count).